The molecule has 2 fully saturated rings. The van der Waals surface area contributed by atoms with E-state index in [1.807, 2.05) is 11.8 Å². The molecule has 3 rings (SSSR count). The Morgan fingerprint density at radius 3 is 2.82 bits per heavy atom. The molecule has 0 saturated carbocycles. The molecular weight excluding hydrogens is 366 g/mol. The molecular formula is C20H30F2N4O2. The van der Waals surface area contributed by atoms with Gasteiger partial charge in [0.15, 0.2) is 5.96 Å². The Labute approximate surface area is 165 Å². The highest BCUT2D eigenvalue weighted by Gasteiger charge is 2.22. The van der Waals surface area contributed by atoms with Crippen molar-refractivity contribution >= 4 is 11.6 Å². The van der Waals surface area contributed by atoms with Crippen molar-refractivity contribution in [2.45, 2.75) is 25.9 Å². The fraction of sp³-hybridized carbons (Fsp3) is 0.650. The number of hydrogen-bond donors (Lipinski definition) is 1. The zero-order valence-corrected chi connectivity index (χ0v) is 16.5. The summed E-state index contributed by atoms with van der Waals surface area (Å²) in [6.45, 7) is 8.01. The average molecular weight is 396 g/mol. The number of anilines is 1. The average Bonchev–Trinajstić information content (AvgIpc) is 3.22. The van der Waals surface area contributed by atoms with Crippen LogP contribution >= 0.6 is 0 Å². The Morgan fingerprint density at radius 2 is 2.11 bits per heavy atom. The summed E-state index contributed by atoms with van der Waals surface area (Å²) in [5, 5.41) is 3.30. The summed E-state index contributed by atoms with van der Waals surface area (Å²) in [7, 11) is 0. The number of nitrogens with one attached hydrogen (secondary N) is 1. The fourth-order valence-corrected chi connectivity index (χ4v) is 3.52. The Kier molecular flexibility index (Phi) is 7.85. The van der Waals surface area contributed by atoms with Crippen molar-refractivity contribution in [3.63, 3.8) is 0 Å². The molecule has 2 heterocycles. The van der Waals surface area contributed by atoms with E-state index < -0.39 is 5.82 Å². The number of guanidine groups is 1. The van der Waals surface area contributed by atoms with Gasteiger partial charge in [0.25, 0.3) is 0 Å². The van der Waals surface area contributed by atoms with Gasteiger partial charge in [-0.3, -0.25) is 4.99 Å². The van der Waals surface area contributed by atoms with Gasteiger partial charge in [-0.25, -0.2) is 8.78 Å². The van der Waals surface area contributed by atoms with E-state index in [0.717, 1.165) is 38.0 Å². The Hall–Kier alpha value is -1.93. The van der Waals surface area contributed by atoms with Gasteiger partial charge in [0.05, 0.1) is 31.5 Å². The smallest absolute Gasteiger partial charge is 0.194 e. The highest BCUT2D eigenvalue weighted by molar-refractivity contribution is 5.80. The van der Waals surface area contributed by atoms with Crippen LogP contribution < -0.4 is 10.2 Å². The van der Waals surface area contributed by atoms with Crippen LogP contribution in [0, 0.1) is 11.6 Å². The molecule has 156 valence electrons. The summed E-state index contributed by atoms with van der Waals surface area (Å²) >= 11 is 0. The number of rotatable bonds is 7. The first-order chi connectivity index (χ1) is 13.7. The molecule has 8 heteroatoms. The molecule has 0 spiro atoms. The number of piperazine rings is 1. The van der Waals surface area contributed by atoms with Crippen LogP contribution in [0.15, 0.2) is 23.2 Å². The van der Waals surface area contributed by atoms with E-state index in [9.17, 15) is 8.78 Å². The molecule has 0 bridgehead atoms. The van der Waals surface area contributed by atoms with Crippen LogP contribution in [0.1, 0.15) is 19.8 Å². The third-order valence-corrected chi connectivity index (χ3v) is 4.99. The quantitative estimate of drug-likeness (QED) is 0.435. The van der Waals surface area contributed by atoms with Crippen molar-refractivity contribution < 1.29 is 18.3 Å². The topological polar surface area (TPSA) is 49.3 Å². The van der Waals surface area contributed by atoms with E-state index >= 15 is 0 Å². The molecule has 1 atom stereocenters. The monoisotopic (exact) mass is 396 g/mol. The molecule has 6 nitrogen and oxygen atoms in total. The fourth-order valence-electron chi connectivity index (χ4n) is 3.52. The highest BCUT2D eigenvalue weighted by Crippen LogP contribution is 2.22. The minimum absolute atomic E-state index is 0.230. The number of aliphatic imine (C=N–C) groups is 1. The molecule has 1 aromatic rings. The van der Waals surface area contributed by atoms with Crippen LogP contribution in [0.5, 0.6) is 0 Å². The Morgan fingerprint density at radius 1 is 1.29 bits per heavy atom. The van der Waals surface area contributed by atoms with Crippen LogP contribution in [0.25, 0.3) is 0 Å². The van der Waals surface area contributed by atoms with Crippen LogP contribution in [0.4, 0.5) is 14.5 Å². The van der Waals surface area contributed by atoms with Gasteiger partial charge >= 0.3 is 0 Å². The first-order valence-corrected chi connectivity index (χ1v) is 10.1. The molecule has 0 aliphatic carbocycles. The van der Waals surface area contributed by atoms with Crippen LogP contribution in [-0.2, 0) is 9.47 Å². The Balaban J connectivity index is 1.47. The minimum Gasteiger partial charge on any atom is -0.377 e. The van der Waals surface area contributed by atoms with Gasteiger partial charge in [-0.15, -0.1) is 0 Å². The van der Waals surface area contributed by atoms with Crippen molar-refractivity contribution in [1.29, 1.82) is 0 Å². The van der Waals surface area contributed by atoms with Crippen LogP contribution in [-0.4, -0.2) is 76.1 Å². The van der Waals surface area contributed by atoms with Crippen molar-refractivity contribution in [1.82, 2.24) is 10.2 Å². The van der Waals surface area contributed by atoms with Gasteiger partial charge in [0.2, 0.25) is 0 Å². The van der Waals surface area contributed by atoms with Gasteiger partial charge in [0, 0.05) is 45.4 Å². The zero-order valence-electron chi connectivity index (χ0n) is 16.5. The first kappa shape index (κ1) is 20.8. The van der Waals surface area contributed by atoms with E-state index in [-0.39, 0.29) is 11.9 Å². The minimum atomic E-state index is -0.420. The predicted molar refractivity (Wildman–Crippen MR) is 106 cm³/mol. The molecule has 2 saturated heterocycles. The summed E-state index contributed by atoms with van der Waals surface area (Å²) in [4.78, 5) is 8.67. The van der Waals surface area contributed by atoms with E-state index in [4.69, 9.17) is 9.47 Å². The molecule has 0 amide bonds. The van der Waals surface area contributed by atoms with E-state index in [0.29, 0.717) is 51.6 Å². The SMILES string of the molecule is CCNC(=NCCOCC1CCCO1)N1CCN(c2cc(F)ccc2F)CC1. The molecule has 1 N–H and O–H groups in total. The van der Waals surface area contributed by atoms with Crippen molar-refractivity contribution in [3.8, 4) is 0 Å². The number of hydrogen-bond acceptors (Lipinski definition) is 4. The summed E-state index contributed by atoms with van der Waals surface area (Å²) in [5.74, 6) is 0.0260. The maximum atomic E-state index is 14.0. The van der Waals surface area contributed by atoms with Crippen molar-refractivity contribution in [2.75, 3.05) is 64.0 Å². The summed E-state index contributed by atoms with van der Waals surface area (Å²) in [5.41, 5.74) is 0.323. The molecule has 1 aromatic carbocycles. The lowest BCUT2D eigenvalue weighted by molar-refractivity contribution is 0.0199. The maximum absolute atomic E-state index is 14.0. The molecule has 0 aromatic heterocycles. The number of ether oxygens (including phenoxy) is 2. The second-order valence-electron chi connectivity index (χ2n) is 7.02. The third-order valence-electron chi connectivity index (χ3n) is 4.99. The predicted octanol–water partition coefficient (Wildman–Crippen LogP) is 2.25. The molecule has 2 aliphatic rings. The van der Waals surface area contributed by atoms with Crippen LogP contribution in [0.3, 0.4) is 0 Å². The van der Waals surface area contributed by atoms with Gasteiger partial charge in [-0.1, -0.05) is 0 Å². The maximum Gasteiger partial charge on any atom is 0.194 e. The number of benzene rings is 1. The lowest BCUT2D eigenvalue weighted by Gasteiger charge is -2.37. The summed E-state index contributed by atoms with van der Waals surface area (Å²) in [6.07, 6.45) is 2.41. The summed E-state index contributed by atoms with van der Waals surface area (Å²) in [6, 6.07) is 3.58. The molecule has 1 unspecified atom stereocenters. The van der Waals surface area contributed by atoms with E-state index in [1.165, 1.54) is 12.1 Å². The molecule has 28 heavy (non-hydrogen) atoms. The van der Waals surface area contributed by atoms with Gasteiger partial charge in [-0.2, -0.15) is 0 Å². The van der Waals surface area contributed by atoms with Crippen molar-refractivity contribution in [2.24, 2.45) is 4.99 Å². The summed E-state index contributed by atoms with van der Waals surface area (Å²) < 4.78 is 38.7. The van der Waals surface area contributed by atoms with Gasteiger partial charge in [0.1, 0.15) is 11.6 Å². The highest BCUT2D eigenvalue weighted by atomic mass is 19.1. The van der Waals surface area contributed by atoms with E-state index in [1.54, 1.807) is 0 Å². The third kappa shape index (κ3) is 5.78. The standard InChI is InChI=1S/C20H30F2N4O2/c1-2-23-20(24-7-13-27-15-17-4-3-12-28-17)26-10-8-25(9-11-26)19-14-16(21)5-6-18(19)22/h5-6,14,17H,2-4,7-13,15H2,1H3,(H,23,24). The lowest BCUT2D eigenvalue weighted by atomic mass is 10.2. The number of halogens is 2. The number of nitrogens with zero attached hydrogens (tertiary/aromatic N) is 3. The van der Waals surface area contributed by atoms with Crippen LogP contribution in [0.2, 0.25) is 0 Å². The normalized spacial score (nSPS) is 20.7. The first-order valence-electron chi connectivity index (χ1n) is 10.1. The molecule has 0 radical (unpaired) electrons. The second-order valence-corrected chi connectivity index (χ2v) is 7.02. The van der Waals surface area contributed by atoms with Gasteiger partial charge in [-0.05, 0) is 31.9 Å². The van der Waals surface area contributed by atoms with Crippen molar-refractivity contribution in [3.05, 3.63) is 29.8 Å². The van der Waals surface area contributed by atoms with Gasteiger partial charge < -0.3 is 24.6 Å². The second kappa shape index (κ2) is 10.6. The Bertz CT molecular complexity index is 645. The molecule has 2 aliphatic heterocycles. The zero-order chi connectivity index (χ0) is 19.8. The lowest BCUT2D eigenvalue weighted by Crippen LogP contribution is -2.52. The largest absolute Gasteiger partial charge is 0.377 e. The van der Waals surface area contributed by atoms with E-state index in [2.05, 4.69) is 15.2 Å².